The highest BCUT2D eigenvalue weighted by molar-refractivity contribution is 9.11. The smallest absolute Gasteiger partial charge is 0.228 e. The van der Waals surface area contributed by atoms with E-state index in [0.717, 1.165) is 40.9 Å². The molecule has 0 radical (unpaired) electrons. The molecule has 0 spiro atoms. The maximum absolute atomic E-state index is 5.38. The lowest BCUT2D eigenvalue weighted by atomic mass is 10.1. The maximum Gasteiger partial charge on any atom is 0.228 e. The van der Waals surface area contributed by atoms with Gasteiger partial charge in [0.1, 0.15) is 0 Å². The molecule has 2 rings (SSSR count). The second-order valence-electron chi connectivity index (χ2n) is 4.76. The molecule has 0 saturated carbocycles. The molecule has 2 aromatic rings. The molecule has 1 unspecified atom stereocenters. The summed E-state index contributed by atoms with van der Waals surface area (Å²) in [5.74, 6) is 1.40. The Labute approximate surface area is 132 Å². The maximum atomic E-state index is 5.38. The molecule has 1 atom stereocenters. The molecule has 0 fully saturated rings. The van der Waals surface area contributed by atoms with Crippen molar-refractivity contribution in [3.05, 3.63) is 21.8 Å². The molecule has 0 aromatic carbocycles. The van der Waals surface area contributed by atoms with Gasteiger partial charge in [0.05, 0.1) is 8.66 Å². The third-order valence-electron chi connectivity index (χ3n) is 3.00. The first-order valence-corrected chi connectivity index (χ1v) is 8.65. The van der Waals surface area contributed by atoms with E-state index >= 15 is 0 Å². The first kappa shape index (κ1) is 15.7. The molecule has 2 heterocycles. The van der Waals surface area contributed by atoms with Gasteiger partial charge in [-0.15, -0.1) is 11.3 Å². The SMILES string of the molecule is CCCNC(CCC)Cc1nc(-c2ccc(Br)s2)no1. The lowest BCUT2D eigenvalue weighted by Crippen LogP contribution is -2.31. The Morgan fingerprint density at radius 1 is 1.35 bits per heavy atom. The Bertz CT molecular complexity index is 526. The van der Waals surface area contributed by atoms with Crippen molar-refractivity contribution in [1.29, 1.82) is 0 Å². The number of aromatic nitrogens is 2. The molecule has 2 aromatic heterocycles. The normalized spacial score (nSPS) is 12.8. The summed E-state index contributed by atoms with van der Waals surface area (Å²) in [6.07, 6.45) is 4.22. The van der Waals surface area contributed by atoms with Gasteiger partial charge in [-0.3, -0.25) is 0 Å². The van der Waals surface area contributed by atoms with Crippen LogP contribution in [0.5, 0.6) is 0 Å². The third kappa shape index (κ3) is 4.40. The van der Waals surface area contributed by atoms with Crippen molar-refractivity contribution in [2.45, 2.75) is 45.6 Å². The van der Waals surface area contributed by atoms with Gasteiger partial charge in [-0.25, -0.2) is 0 Å². The summed E-state index contributed by atoms with van der Waals surface area (Å²) < 4.78 is 6.45. The van der Waals surface area contributed by atoms with E-state index in [4.69, 9.17) is 4.52 Å². The quantitative estimate of drug-likeness (QED) is 0.766. The molecule has 0 aliphatic carbocycles. The second kappa shape index (κ2) is 7.90. The van der Waals surface area contributed by atoms with Crippen molar-refractivity contribution < 1.29 is 4.52 Å². The van der Waals surface area contributed by atoms with Crippen LogP contribution in [0.4, 0.5) is 0 Å². The minimum Gasteiger partial charge on any atom is -0.339 e. The summed E-state index contributed by atoms with van der Waals surface area (Å²) in [7, 11) is 0. The van der Waals surface area contributed by atoms with Crippen molar-refractivity contribution in [3.8, 4) is 10.7 Å². The summed E-state index contributed by atoms with van der Waals surface area (Å²) >= 11 is 5.06. The van der Waals surface area contributed by atoms with Crippen LogP contribution in [0.3, 0.4) is 0 Å². The van der Waals surface area contributed by atoms with Gasteiger partial charge >= 0.3 is 0 Å². The Balaban J connectivity index is 2.00. The van der Waals surface area contributed by atoms with Crippen molar-refractivity contribution in [3.63, 3.8) is 0 Å². The van der Waals surface area contributed by atoms with Crippen molar-refractivity contribution >= 4 is 27.3 Å². The predicted molar refractivity (Wildman–Crippen MR) is 86.0 cm³/mol. The lowest BCUT2D eigenvalue weighted by molar-refractivity contribution is 0.350. The van der Waals surface area contributed by atoms with Crippen LogP contribution in [0.1, 0.15) is 39.0 Å². The predicted octanol–water partition coefficient (Wildman–Crippen LogP) is 4.27. The van der Waals surface area contributed by atoms with E-state index in [2.05, 4.69) is 45.2 Å². The van der Waals surface area contributed by atoms with E-state index in [-0.39, 0.29) is 0 Å². The molecular weight excluding hydrogens is 338 g/mol. The number of rotatable bonds is 8. The van der Waals surface area contributed by atoms with Crippen LogP contribution in [0.15, 0.2) is 20.4 Å². The Kier molecular flexibility index (Phi) is 6.19. The number of thiophene rings is 1. The molecule has 4 nitrogen and oxygen atoms in total. The summed E-state index contributed by atoms with van der Waals surface area (Å²) in [6, 6.07) is 4.42. The number of hydrogen-bond donors (Lipinski definition) is 1. The Hall–Kier alpha value is -0.720. The van der Waals surface area contributed by atoms with E-state index in [1.54, 1.807) is 11.3 Å². The molecule has 0 aliphatic heterocycles. The average molecular weight is 358 g/mol. The van der Waals surface area contributed by atoms with E-state index in [9.17, 15) is 0 Å². The number of halogens is 1. The van der Waals surface area contributed by atoms with Gasteiger partial charge in [-0.05, 0) is 47.4 Å². The molecule has 20 heavy (non-hydrogen) atoms. The van der Waals surface area contributed by atoms with Gasteiger partial charge in [0.25, 0.3) is 0 Å². The van der Waals surface area contributed by atoms with E-state index in [1.165, 1.54) is 0 Å². The summed E-state index contributed by atoms with van der Waals surface area (Å²) in [5.41, 5.74) is 0. The van der Waals surface area contributed by atoms with Gasteiger partial charge in [0, 0.05) is 12.5 Å². The standard InChI is InChI=1S/C14H20BrN3OS/c1-3-5-10(16-8-4-2)9-13-17-14(18-19-13)11-6-7-12(15)20-11/h6-7,10,16H,3-5,8-9H2,1-2H3. The zero-order chi connectivity index (χ0) is 14.4. The van der Waals surface area contributed by atoms with Crippen molar-refractivity contribution in [1.82, 2.24) is 15.5 Å². The topological polar surface area (TPSA) is 51.0 Å². The van der Waals surface area contributed by atoms with E-state index < -0.39 is 0 Å². The summed E-state index contributed by atoms with van der Waals surface area (Å²) in [5, 5.41) is 7.61. The van der Waals surface area contributed by atoms with Crippen LogP contribution in [0, 0.1) is 0 Å². The van der Waals surface area contributed by atoms with Crippen LogP contribution in [-0.2, 0) is 6.42 Å². The highest BCUT2D eigenvalue weighted by atomic mass is 79.9. The monoisotopic (exact) mass is 357 g/mol. The van der Waals surface area contributed by atoms with Gasteiger partial charge in [-0.1, -0.05) is 25.4 Å². The van der Waals surface area contributed by atoms with E-state index in [0.29, 0.717) is 17.8 Å². The zero-order valence-electron chi connectivity index (χ0n) is 11.9. The highest BCUT2D eigenvalue weighted by Gasteiger charge is 2.15. The number of nitrogens with zero attached hydrogens (tertiary/aromatic N) is 2. The third-order valence-corrected chi connectivity index (χ3v) is 4.62. The zero-order valence-corrected chi connectivity index (χ0v) is 14.3. The van der Waals surface area contributed by atoms with Crippen molar-refractivity contribution in [2.24, 2.45) is 0 Å². The molecule has 0 bridgehead atoms. The number of nitrogens with one attached hydrogen (secondary N) is 1. The van der Waals surface area contributed by atoms with Gasteiger partial charge in [-0.2, -0.15) is 4.98 Å². The number of hydrogen-bond acceptors (Lipinski definition) is 5. The largest absolute Gasteiger partial charge is 0.339 e. The molecule has 1 N–H and O–H groups in total. The molecule has 6 heteroatoms. The fourth-order valence-electron chi connectivity index (χ4n) is 2.06. The second-order valence-corrected chi connectivity index (χ2v) is 7.22. The van der Waals surface area contributed by atoms with Crippen LogP contribution in [0.25, 0.3) is 10.7 Å². The van der Waals surface area contributed by atoms with Crippen LogP contribution >= 0.6 is 27.3 Å². The van der Waals surface area contributed by atoms with E-state index in [1.807, 2.05) is 12.1 Å². The van der Waals surface area contributed by atoms with Crippen LogP contribution < -0.4 is 5.32 Å². The Morgan fingerprint density at radius 3 is 2.85 bits per heavy atom. The minimum atomic E-state index is 0.420. The van der Waals surface area contributed by atoms with Crippen LogP contribution in [-0.4, -0.2) is 22.7 Å². The molecule has 110 valence electrons. The molecule has 0 saturated heterocycles. The van der Waals surface area contributed by atoms with Gasteiger partial charge < -0.3 is 9.84 Å². The average Bonchev–Trinajstić information content (AvgIpc) is 3.05. The molecule has 0 aliphatic rings. The van der Waals surface area contributed by atoms with Crippen LogP contribution in [0.2, 0.25) is 0 Å². The summed E-state index contributed by atoms with van der Waals surface area (Å²) in [4.78, 5) is 5.52. The first-order valence-electron chi connectivity index (χ1n) is 7.04. The lowest BCUT2D eigenvalue weighted by Gasteiger charge is -2.15. The molecule has 0 amide bonds. The summed E-state index contributed by atoms with van der Waals surface area (Å²) in [6.45, 7) is 5.40. The van der Waals surface area contributed by atoms with Gasteiger partial charge in [0.15, 0.2) is 0 Å². The fourth-order valence-corrected chi connectivity index (χ4v) is 3.37. The highest BCUT2D eigenvalue weighted by Crippen LogP contribution is 2.29. The van der Waals surface area contributed by atoms with Gasteiger partial charge in [0.2, 0.25) is 11.7 Å². The van der Waals surface area contributed by atoms with Crippen molar-refractivity contribution in [2.75, 3.05) is 6.54 Å². The molecular formula is C14H20BrN3OS. The fraction of sp³-hybridized carbons (Fsp3) is 0.571. The Morgan fingerprint density at radius 2 is 2.20 bits per heavy atom. The first-order chi connectivity index (χ1) is 9.72. The minimum absolute atomic E-state index is 0.420.